The molecule has 0 spiro atoms. The number of aliphatic carboxylic acids is 1. The molecule has 7 nitrogen and oxygen atoms in total. The Morgan fingerprint density at radius 2 is 2.16 bits per heavy atom. The van der Waals surface area contributed by atoms with Crippen molar-refractivity contribution in [2.45, 2.75) is 0 Å². The topological polar surface area (TPSA) is 101 Å². The molecule has 0 atom stereocenters. The van der Waals surface area contributed by atoms with Gasteiger partial charge in [-0.25, -0.2) is 0 Å². The summed E-state index contributed by atoms with van der Waals surface area (Å²) >= 11 is 0. The summed E-state index contributed by atoms with van der Waals surface area (Å²) in [5.74, 6) is -1.60. The molecule has 0 fully saturated rings. The molecule has 1 amide bonds. The number of carboxylic acid groups (broad SMARTS) is 1. The van der Waals surface area contributed by atoms with Gasteiger partial charge in [-0.2, -0.15) is 0 Å². The van der Waals surface area contributed by atoms with E-state index in [9.17, 15) is 19.7 Å². The van der Waals surface area contributed by atoms with E-state index < -0.39 is 23.3 Å². The number of non-ortho nitro benzene ring substituents is 1. The fraction of sp³-hybridized carbons (Fsp3) is 0.167. The Labute approximate surface area is 108 Å². The van der Waals surface area contributed by atoms with Crippen LogP contribution in [0.5, 0.6) is 0 Å². The van der Waals surface area contributed by atoms with Gasteiger partial charge in [0.15, 0.2) is 0 Å². The van der Waals surface area contributed by atoms with Crippen LogP contribution in [0.2, 0.25) is 0 Å². The van der Waals surface area contributed by atoms with E-state index in [0.29, 0.717) is 5.56 Å². The van der Waals surface area contributed by atoms with E-state index in [1.165, 1.54) is 37.4 Å². The second-order valence-corrected chi connectivity index (χ2v) is 3.77. The van der Waals surface area contributed by atoms with Gasteiger partial charge < -0.3 is 10.0 Å². The van der Waals surface area contributed by atoms with Crippen LogP contribution in [0.3, 0.4) is 0 Å². The number of carboxylic acids is 1. The van der Waals surface area contributed by atoms with Crippen molar-refractivity contribution in [3.63, 3.8) is 0 Å². The number of rotatable bonds is 5. The molecule has 7 heteroatoms. The van der Waals surface area contributed by atoms with E-state index in [4.69, 9.17) is 5.11 Å². The third-order valence-corrected chi connectivity index (χ3v) is 2.25. The number of nitro groups is 1. The van der Waals surface area contributed by atoms with Crippen LogP contribution in [-0.4, -0.2) is 40.4 Å². The Morgan fingerprint density at radius 1 is 1.47 bits per heavy atom. The number of carbonyl (C=O) groups excluding carboxylic acids is 1. The maximum atomic E-state index is 11.5. The third kappa shape index (κ3) is 4.58. The lowest BCUT2D eigenvalue weighted by atomic mass is 10.2. The standard InChI is InChI=1S/C12H12N2O5/c1-13(8-12(16)17)11(15)6-5-9-3-2-4-10(7-9)14(18)19/h2-7H,8H2,1H3,(H,16,17)/b6-5+. The molecule has 1 aromatic carbocycles. The van der Waals surface area contributed by atoms with Gasteiger partial charge in [0, 0.05) is 25.3 Å². The number of hydrogen-bond donors (Lipinski definition) is 1. The molecular formula is C12H12N2O5. The summed E-state index contributed by atoms with van der Waals surface area (Å²) in [5, 5.41) is 19.1. The average Bonchev–Trinajstić information content (AvgIpc) is 2.35. The van der Waals surface area contributed by atoms with Crippen LogP contribution in [0.25, 0.3) is 6.08 Å². The predicted molar refractivity (Wildman–Crippen MR) is 67.4 cm³/mol. The van der Waals surface area contributed by atoms with Gasteiger partial charge in [0.25, 0.3) is 5.69 Å². The Morgan fingerprint density at radius 3 is 2.74 bits per heavy atom. The summed E-state index contributed by atoms with van der Waals surface area (Å²) < 4.78 is 0. The number of carbonyl (C=O) groups is 2. The highest BCUT2D eigenvalue weighted by molar-refractivity contribution is 5.93. The molecule has 0 radical (unpaired) electrons. The number of hydrogen-bond acceptors (Lipinski definition) is 4. The Hall–Kier alpha value is -2.70. The van der Waals surface area contributed by atoms with Crippen LogP contribution < -0.4 is 0 Å². The van der Waals surface area contributed by atoms with Gasteiger partial charge in [-0.05, 0) is 11.6 Å². The molecule has 0 saturated carbocycles. The van der Waals surface area contributed by atoms with Gasteiger partial charge in [-0.15, -0.1) is 0 Å². The second kappa shape index (κ2) is 6.29. The number of benzene rings is 1. The van der Waals surface area contributed by atoms with Crippen molar-refractivity contribution < 1.29 is 19.6 Å². The van der Waals surface area contributed by atoms with Gasteiger partial charge in [0.05, 0.1) is 4.92 Å². The largest absolute Gasteiger partial charge is 0.480 e. The van der Waals surface area contributed by atoms with Crippen LogP contribution in [0.4, 0.5) is 5.69 Å². The van der Waals surface area contributed by atoms with Crippen LogP contribution in [0.15, 0.2) is 30.3 Å². The molecule has 0 saturated heterocycles. The maximum Gasteiger partial charge on any atom is 0.323 e. The first kappa shape index (κ1) is 14.4. The molecule has 0 heterocycles. The van der Waals surface area contributed by atoms with E-state index in [-0.39, 0.29) is 5.69 Å². The smallest absolute Gasteiger partial charge is 0.323 e. The summed E-state index contributed by atoms with van der Waals surface area (Å²) in [6, 6.07) is 5.77. The van der Waals surface area contributed by atoms with Crippen LogP contribution >= 0.6 is 0 Å². The minimum absolute atomic E-state index is 0.0755. The highest BCUT2D eigenvalue weighted by Crippen LogP contribution is 2.14. The fourth-order valence-electron chi connectivity index (χ4n) is 1.32. The molecule has 1 aromatic rings. The molecular weight excluding hydrogens is 252 g/mol. The molecule has 1 rings (SSSR count). The van der Waals surface area contributed by atoms with Crippen LogP contribution in [0, 0.1) is 10.1 Å². The number of amides is 1. The van der Waals surface area contributed by atoms with Crippen molar-refractivity contribution in [3.8, 4) is 0 Å². The lowest BCUT2D eigenvalue weighted by Crippen LogP contribution is -2.30. The van der Waals surface area contributed by atoms with Crippen molar-refractivity contribution in [2.24, 2.45) is 0 Å². The predicted octanol–water partition coefficient (Wildman–Crippen LogP) is 1.15. The quantitative estimate of drug-likeness (QED) is 0.488. The van der Waals surface area contributed by atoms with E-state index >= 15 is 0 Å². The summed E-state index contributed by atoms with van der Waals surface area (Å²) in [6.45, 7) is -0.405. The molecule has 1 N–H and O–H groups in total. The minimum Gasteiger partial charge on any atom is -0.480 e. The number of nitro benzene ring substituents is 1. The van der Waals surface area contributed by atoms with Crippen molar-refractivity contribution in [1.29, 1.82) is 0 Å². The van der Waals surface area contributed by atoms with E-state index in [2.05, 4.69) is 0 Å². The minimum atomic E-state index is -1.11. The van der Waals surface area contributed by atoms with E-state index in [1.807, 2.05) is 0 Å². The summed E-state index contributed by atoms with van der Waals surface area (Å²) in [7, 11) is 1.36. The normalized spacial score (nSPS) is 10.4. The first-order chi connectivity index (χ1) is 8.90. The Bertz CT molecular complexity index is 539. The monoisotopic (exact) mass is 264 g/mol. The van der Waals surface area contributed by atoms with Gasteiger partial charge in [-0.3, -0.25) is 19.7 Å². The fourth-order valence-corrected chi connectivity index (χ4v) is 1.32. The zero-order valence-corrected chi connectivity index (χ0v) is 10.1. The van der Waals surface area contributed by atoms with E-state index in [1.54, 1.807) is 6.07 Å². The summed E-state index contributed by atoms with van der Waals surface area (Å²) in [6.07, 6.45) is 2.57. The summed E-state index contributed by atoms with van der Waals surface area (Å²) in [5.41, 5.74) is 0.416. The third-order valence-electron chi connectivity index (χ3n) is 2.25. The van der Waals surface area contributed by atoms with E-state index in [0.717, 1.165) is 4.90 Å². The molecule has 100 valence electrons. The highest BCUT2D eigenvalue weighted by atomic mass is 16.6. The lowest BCUT2D eigenvalue weighted by molar-refractivity contribution is -0.384. The average molecular weight is 264 g/mol. The highest BCUT2D eigenvalue weighted by Gasteiger charge is 2.09. The van der Waals surface area contributed by atoms with Crippen LogP contribution in [-0.2, 0) is 9.59 Å². The molecule has 0 unspecified atom stereocenters. The first-order valence-electron chi connectivity index (χ1n) is 5.29. The van der Waals surface area contributed by atoms with Gasteiger partial charge in [-0.1, -0.05) is 12.1 Å². The second-order valence-electron chi connectivity index (χ2n) is 3.77. The summed E-state index contributed by atoms with van der Waals surface area (Å²) in [4.78, 5) is 33.0. The molecule has 0 bridgehead atoms. The first-order valence-corrected chi connectivity index (χ1v) is 5.29. The molecule has 0 aliphatic carbocycles. The molecule has 0 aliphatic heterocycles. The van der Waals surface area contributed by atoms with Crippen LogP contribution in [0.1, 0.15) is 5.56 Å². The molecule has 0 aromatic heterocycles. The van der Waals surface area contributed by atoms with Crippen molar-refractivity contribution in [1.82, 2.24) is 4.90 Å². The molecule has 19 heavy (non-hydrogen) atoms. The maximum absolute atomic E-state index is 11.5. The zero-order valence-electron chi connectivity index (χ0n) is 10.1. The SMILES string of the molecule is CN(CC(=O)O)C(=O)/C=C/c1cccc([N+](=O)[O-])c1. The Balaban J connectivity index is 2.76. The number of nitrogens with zero attached hydrogens (tertiary/aromatic N) is 2. The molecule has 0 aliphatic rings. The lowest BCUT2D eigenvalue weighted by Gasteiger charge is -2.11. The van der Waals surface area contributed by atoms with Gasteiger partial charge in [0.2, 0.25) is 5.91 Å². The number of likely N-dealkylation sites (N-methyl/N-ethyl adjacent to an activating group) is 1. The van der Waals surface area contributed by atoms with Gasteiger partial charge in [0.1, 0.15) is 6.54 Å². The van der Waals surface area contributed by atoms with Crippen molar-refractivity contribution >= 4 is 23.6 Å². The van der Waals surface area contributed by atoms with Crippen molar-refractivity contribution in [2.75, 3.05) is 13.6 Å². The van der Waals surface area contributed by atoms with Gasteiger partial charge >= 0.3 is 5.97 Å². The Kier molecular flexibility index (Phi) is 4.76. The zero-order chi connectivity index (χ0) is 14.4. The van der Waals surface area contributed by atoms with Crippen molar-refractivity contribution in [3.05, 3.63) is 46.0 Å².